The lowest BCUT2D eigenvalue weighted by atomic mass is 10.1. The van der Waals surface area contributed by atoms with E-state index in [2.05, 4.69) is 23.0 Å². The van der Waals surface area contributed by atoms with Gasteiger partial charge in [-0.15, -0.1) is 0 Å². The number of nitrogens with two attached hydrogens (primary N) is 1. The number of nitrogens with zero attached hydrogens (tertiary/aromatic N) is 2. The van der Waals surface area contributed by atoms with Gasteiger partial charge in [-0.05, 0) is 37.1 Å². The third kappa shape index (κ3) is 3.77. The molecule has 0 atom stereocenters. The summed E-state index contributed by atoms with van der Waals surface area (Å²) in [5, 5.41) is 0. The molecule has 0 aliphatic heterocycles. The Morgan fingerprint density at radius 3 is 2.00 bits per heavy atom. The van der Waals surface area contributed by atoms with Gasteiger partial charge in [0.25, 0.3) is 0 Å². The van der Waals surface area contributed by atoms with Crippen LogP contribution in [0.3, 0.4) is 0 Å². The summed E-state index contributed by atoms with van der Waals surface area (Å²) in [5.41, 5.74) is 8.96. The molecular weight excluding hydrogens is 186 g/mol. The number of benzene rings is 1. The third-order valence-electron chi connectivity index (χ3n) is 2.12. The van der Waals surface area contributed by atoms with E-state index in [-0.39, 0.29) is 0 Å². The molecule has 2 N–H and O–H groups in total. The number of aryl methyl sites for hydroxylation is 1. The highest BCUT2D eigenvalue weighted by Gasteiger charge is 1.92. The first-order valence-corrected chi connectivity index (χ1v) is 4.73. The Balaban J connectivity index is 0.000000162. The smallest absolute Gasteiger partial charge is 0.115 e. The van der Waals surface area contributed by atoms with E-state index in [9.17, 15) is 0 Å². The van der Waals surface area contributed by atoms with E-state index in [0.717, 1.165) is 5.69 Å². The zero-order chi connectivity index (χ0) is 11.1. The maximum Gasteiger partial charge on any atom is 0.115 e. The Bertz CT molecular complexity index is 352. The Morgan fingerprint density at radius 2 is 1.67 bits per heavy atom. The van der Waals surface area contributed by atoms with Crippen LogP contribution in [-0.4, -0.2) is 9.97 Å². The van der Waals surface area contributed by atoms with Gasteiger partial charge in [-0.25, -0.2) is 9.97 Å². The molecule has 15 heavy (non-hydrogen) atoms. The quantitative estimate of drug-likeness (QED) is 0.666. The number of hydrogen-bond acceptors (Lipinski definition) is 3. The van der Waals surface area contributed by atoms with Gasteiger partial charge < -0.3 is 5.73 Å². The van der Waals surface area contributed by atoms with Gasteiger partial charge in [0.1, 0.15) is 6.33 Å². The van der Waals surface area contributed by atoms with Crippen molar-refractivity contribution in [1.29, 1.82) is 0 Å². The summed E-state index contributed by atoms with van der Waals surface area (Å²) in [6.45, 7) is 4.09. The number of anilines is 1. The molecule has 0 aliphatic rings. The summed E-state index contributed by atoms with van der Waals surface area (Å²) in [7, 11) is 0. The fraction of sp³-hybridized carbons (Fsp3) is 0.167. The minimum atomic E-state index is 0.884. The van der Waals surface area contributed by atoms with E-state index in [0.29, 0.717) is 0 Å². The molecule has 1 aromatic carbocycles. The van der Waals surface area contributed by atoms with E-state index >= 15 is 0 Å². The highest BCUT2D eigenvalue weighted by molar-refractivity contribution is 5.49. The minimum Gasteiger partial charge on any atom is -0.399 e. The van der Waals surface area contributed by atoms with Crippen LogP contribution in [0, 0.1) is 13.8 Å². The molecule has 0 saturated carbocycles. The molecular formula is C12H15N3. The van der Waals surface area contributed by atoms with E-state index in [1.54, 1.807) is 18.5 Å². The van der Waals surface area contributed by atoms with E-state index in [4.69, 9.17) is 5.73 Å². The van der Waals surface area contributed by atoms with Gasteiger partial charge >= 0.3 is 0 Å². The van der Waals surface area contributed by atoms with Crippen LogP contribution in [0.15, 0.2) is 43.0 Å². The normalized spacial score (nSPS) is 8.93. The predicted octanol–water partition coefficient (Wildman–Crippen LogP) is 2.36. The number of nitrogen functional groups attached to an aromatic ring is 1. The molecule has 2 aromatic rings. The average molecular weight is 201 g/mol. The first kappa shape index (κ1) is 11.2. The van der Waals surface area contributed by atoms with Crippen molar-refractivity contribution in [2.75, 3.05) is 5.73 Å². The second-order valence-electron chi connectivity index (χ2n) is 3.19. The molecule has 2 rings (SSSR count). The van der Waals surface area contributed by atoms with Crippen LogP contribution in [0.5, 0.6) is 0 Å². The fourth-order valence-electron chi connectivity index (χ4n) is 1.03. The van der Waals surface area contributed by atoms with Gasteiger partial charge in [0.05, 0.1) is 0 Å². The Labute approximate surface area is 90.0 Å². The van der Waals surface area contributed by atoms with Gasteiger partial charge in [0.2, 0.25) is 0 Å². The first-order valence-electron chi connectivity index (χ1n) is 4.73. The van der Waals surface area contributed by atoms with Crippen molar-refractivity contribution in [3.05, 3.63) is 54.1 Å². The van der Waals surface area contributed by atoms with Crippen molar-refractivity contribution in [3.8, 4) is 0 Å². The second kappa shape index (κ2) is 5.75. The lowest BCUT2D eigenvalue weighted by Crippen LogP contribution is -1.90. The average Bonchev–Trinajstić information content (AvgIpc) is 2.29. The lowest BCUT2D eigenvalue weighted by Gasteiger charge is -2.00. The van der Waals surface area contributed by atoms with Gasteiger partial charge in [0, 0.05) is 18.1 Å². The maximum atomic E-state index is 5.62. The fourth-order valence-corrected chi connectivity index (χ4v) is 1.03. The molecule has 3 heteroatoms. The van der Waals surface area contributed by atoms with Crippen molar-refractivity contribution < 1.29 is 0 Å². The Hall–Kier alpha value is -1.90. The molecule has 1 aromatic heterocycles. The van der Waals surface area contributed by atoms with E-state index in [1.807, 2.05) is 19.1 Å². The van der Waals surface area contributed by atoms with Crippen molar-refractivity contribution in [3.63, 3.8) is 0 Å². The Kier molecular flexibility index (Phi) is 4.29. The molecule has 0 aliphatic carbocycles. The topological polar surface area (TPSA) is 51.8 Å². The summed E-state index contributed by atoms with van der Waals surface area (Å²) in [6.07, 6.45) is 4.88. The van der Waals surface area contributed by atoms with Crippen LogP contribution in [0.25, 0.3) is 0 Å². The predicted molar refractivity (Wildman–Crippen MR) is 62.4 cm³/mol. The van der Waals surface area contributed by atoms with Crippen LogP contribution in [0.2, 0.25) is 0 Å². The maximum absolute atomic E-state index is 5.62. The second-order valence-corrected chi connectivity index (χ2v) is 3.19. The zero-order valence-electron chi connectivity index (χ0n) is 9.01. The Morgan fingerprint density at radius 1 is 1.00 bits per heavy atom. The van der Waals surface area contributed by atoms with E-state index in [1.165, 1.54) is 17.5 Å². The summed E-state index contributed by atoms with van der Waals surface area (Å²) < 4.78 is 0. The molecule has 0 spiro atoms. The van der Waals surface area contributed by atoms with Crippen LogP contribution < -0.4 is 5.73 Å². The third-order valence-corrected chi connectivity index (χ3v) is 2.12. The number of aromatic nitrogens is 2. The monoisotopic (exact) mass is 201 g/mol. The SMILES string of the molecule is Cc1cccc(N)c1C.c1cncnc1. The summed E-state index contributed by atoms with van der Waals surface area (Å²) in [4.78, 5) is 7.35. The van der Waals surface area contributed by atoms with Crippen molar-refractivity contribution >= 4 is 5.69 Å². The van der Waals surface area contributed by atoms with Crippen molar-refractivity contribution in [2.45, 2.75) is 13.8 Å². The molecule has 3 nitrogen and oxygen atoms in total. The van der Waals surface area contributed by atoms with Crippen molar-refractivity contribution in [2.24, 2.45) is 0 Å². The molecule has 1 heterocycles. The summed E-state index contributed by atoms with van der Waals surface area (Å²) in [5.74, 6) is 0. The lowest BCUT2D eigenvalue weighted by molar-refractivity contribution is 1.17. The molecule has 0 unspecified atom stereocenters. The molecule has 0 fully saturated rings. The highest BCUT2D eigenvalue weighted by atomic mass is 14.8. The minimum absolute atomic E-state index is 0.884. The van der Waals surface area contributed by atoms with Gasteiger partial charge in [-0.1, -0.05) is 12.1 Å². The van der Waals surface area contributed by atoms with Crippen LogP contribution in [0.1, 0.15) is 11.1 Å². The van der Waals surface area contributed by atoms with Gasteiger partial charge in [-0.3, -0.25) is 0 Å². The summed E-state index contributed by atoms with van der Waals surface area (Å²) >= 11 is 0. The van der Waals surface area contributed by atoms with Gasteiger partial charge in [0.15, 0.2) is 0 Å². The number of rotatable bonds is 0. The molecule has 0 bridgehead atoms. The summed E-state index contributed by atoms with van der Waals surface area (Å²) in [6, 6.07) is 7.73. The van der Waals surface area contributed by atoms with E-state index < -0.39 is 0 Å². The van der Waals surface area contributed by atoms with Crippen LogP contribution >= 0.6 is 0 Å². The first-order chi connectivity index (χ1) is 7.22. The standard InChI is InChI=1S/C8H11N.C4H4N2/c1-6-4-3-5-8(9)7(6)2;1-2-5-4-6-3-1/h3-5H,9H2,1-2H3;1-4H. The van der Waals surface area contributed by atoms with Crippen LogP contribution in [0.4, 0.5) is 5.69 Å². The van der Waals surface area contributed by atoms with Crippen molar-refractivity contribution in [1.82, 2.24) is 9.97 Å². The van der Waals surface area contributed by atoms with Crippen LogP contribution in [-0.2, 0) is 0 Å². The largest absolute Gasteiger partial charge is 0.399 e. The molecule has 78 valence electrons. The molecule has 0 amide bonds. The molecule has 0 saturated heterocycles. The highest BCUT2D eigenvalue weighted by Crippen LogP contribution is 2.13. The zero-order valence-corrected chi connectivity index (χ0v) is 9.01. The number of hydrogen-bond donors (Lipinski definition) is 1. The van der Waals surface area contributed by atoms with Gasteiger partial charge in [-0.2, -0.15) is 0 Å². The molecule has 0 radical (unpaired) electrons.